The van der Waals surface area contributed by atoms with E-state index in [-0.39, 0.29) is 6.61 Å². The lowest BCUT2D eigenvalue weighted by Crippen LogP contribution is -2.26. The molecule has 0 aromatic heterocycles. The molecule has 0 radical (unpaired) electrons. The third kappa shape index (κ3) is 6.07. The van der Waals surface area contributed by atoms with Gasteiger partial charge in [0, 0.05) is 12.5 Å². The van der Waals surface area contributed by atoms with Crippen molar-refractivity contribution in [2.24, 2.45) is 0 Å². The standard InChI is InChI=1S/C24H30O8/c1-15(23(32-16(2)26)18-9-10-19(27-3)20(14-18)28-4)31-24-21(29-5)12-17(8-7-11-25)13-22(24)30-6/h7-10,12-15,23,25H,11H2,1-6H3/b8-7-/t15-,23-/m0/s1. The Labute approximate surface area is 188 Å². The number of hydrogen-bond donors (Lipinski definition) is 1. The predicted molar refractivity (Wildman–Crippen MR) is 120 cm³/mol. The maximum atomic E-state index is 11.8. The minimum absolute atomic E-state index is 0.0880. The van der Waals surface area contributed by atoms with Crippen molar-refractivity contribution in [3.8, 4) is 28.7 Å². The molecule has 0 saturated carbocycles. The lowest BCUT2D eigenvalue weighted by atomic mass is 10.0. The number of esters is 1. The first kappa shape index (κ1) is 24.9. The molecule has 0 aliphatic heterocycles. The third-order valence-corrected chi connectivity index (χ3v) is 4.66. The number of aliphatic hydroxyl groups excluding tert-OH is 1. The fraction of sp³-hybridized carbons (Fsp3) is 0.375. The van der Waals surface area contributed by atoms with Gasteiger partial charge in [0.2, 0.25) is 5.75 Å². The van der Waals surface area contributed by atoms with Gasteiger partial charge in [-0.3, -0.25) is 4.79 Å². The first-order valence-corrected chi connectivity index (χ1v) is 9.97. The lowest BCUT2D eigenvalue weighted by molar-refractivity contribution is -0.151. The van der Waals surface area contributed by atoms with Crippen molar-refractivity contribution in [1.29, 1.82) is 0 Å². The molecule has 0 aliphatic rings. The van der Waals surface area contributed by atoms with Gasteiger partial charge in [-0.2, -0.15) is 0 Å². The Hall–Kier alpha value is -3.39. The molecule has 1 N–H and O–H groups in total. The molecule has 8 nitrogen and oxygen atoms in total. The Morgan fingerprint density at radius 1 is 0.938 bits per heavy atom. The molecule has 0 spiro atoms. The van der Waals surface area contributed by atoms with Gasteiger partial charge >= 0.3 is 5.97 Å². The van der Waals surface area contributed by atoms with Crippen LogP contribution < -0.4 is 23.7 Å². The van der Waals surface area contributed by atoms with E-state index in [1.165, 1.54) is 28.3 Å². The van der Waals surface area contributed by atoms with Gasteiger partial charge in [-0.25, -0.2) is 0 Å². The van der Waals surface area contributed by atoms with Gasteiger partial charge in [0.15, 0.2) is 29.1 Å². The molecule has 2 atom stereocenters. The fourth-order valence-electron chi connectivity index (χ4n) is 3.19. The molecule has 0 amide bonds. The largest absolute Gasteiger partial charge is 0.493 e. The molecular formula is C24H30O8. The van der Waals surface area contributed by atoms with Gasteiger partial charge in [-0.05, 0) is 36.8 Å². The summed E-state index contributed by atoms with van der Waals surface area (Å²) >= 11 is 0. The van der Waals surface area contributed by atoms with Crippen LogP contribution in [0, 0.1) is 0 Å². The summed E-state index contributed by atoms with van der Waals surface area (Å²) in [6.07, 6.45) is 1.99. The van der Waals surface area contributed by atoms with Crippen molar-refractivity contribution in [2.45, 2.75) is 26.1 Å². The monoisotopic (exact) mass is 446 g/mol. The lowest BCUT2D eigenvalue weighted by Gasteiger charge is -2.27. The topological polar surface area (TPSA) is 92.7 Å². The van der Waals surface area contributed by atoms with Crippen LogP contribution in [0.1, 0.15) is 31.1 Å². The van der Waals surface area contributed by atoms with E-state index < -0.39 is 18.2 Å². The Morgan fingerprint density at radius 3 is 2.03 bits per heavy atom. The summed E-state index contributed by atoms with van der Waals surface area (Å²) in [4.78, 5) is 11.8. The van der Waals surface area contributed by atoms with Crippen molar-refractivity contribution in [3.05, 3.63) is 47.5 Å². The summed E-state index contributed by atoms with van der Waals surface area (Å²) in [5.74, 6) is 1.83. The van der Waals surface area contributed by atoms with Crippen molar-refractivity contribution < 1.29 is 38.3 Å². The zero-order chi connectivity index (χ0) is 23.7. The second kappa shape index (κ2) is 11.9. The van der Waals surface area contributed by atoms with Crippen LogP contribution in [-0.4, -0.2) is 52.2 Å². The van der Waals surface area contributed by atoms with Crippen LogP contribution in [0.5, 0.6) is 28.7 Å². The van der Waals surface area contributed by atoms with Crippen LogP contribution in [0.3, 0.4) is 0 Å². The number of benzene rings is 2. The first-order valence-electron chi connectivity index (χ1n) is 9.97. The second-order valence-corrected chi connectivity index (χ2v) is 6.81. The van der Waals surface area contributed by atoms with E-state index in [9.17, 15) is 4.79 Å². The highest BCUT2D eigenvalue weighted by Crippen LogP contribution is 2.41. The highest BCUT2D eigenvalue weighted by Gasteiger charge is 2.28. The van der Waals surface area contributed by atoms with Crippen LogP contribution in [-0.2, 0) is 9.53 Å². The molecule has 32 heavy (non-hydrogen) atoms. The van der Waals surface area contributed by atoms with Crippen molar-refractivity contribution >= 4 is 12.0 Å². The van der Waals surface area contributed by atoms with Gasteiger partial charge in [-0.15, -0.1) is 0 Å². The number of carbonyl (C=O) groups excluding carboxylic acids is 1. The van der Waals surface area contributed by atoms with Gasteiger partial charge in [0.05, 0.1) is 35.0 Å². The summed E-state index contributed by atoms with van der Waals surface area (Å²) in [7, 11) is 6.11. The van der Waals surface area contributed by atoms with Crippen molar-refractivity contribution in [1.82, 2.24) is 0 Å². The van der Waals surface area contributed by atoms with Crippen LogP contribution in [0.2, 0.25) is 0 Å². The second-order valence-electron chi connectivity index (χ2n) is 6.81. The van der Waals surface area contributed by atoms with Crippen LogP contribution in [0.25, 0.3) is 6.08 Å². The highest BCUT2D eigenvalue weighted by molar-refractivity contribution is 5.66. The Bertz CT molecular complexity index is 913. The summed E-state index contributed by atoms with van der Waals surface area (Å²) < 4.78 is 33.4. The zero-order valence-electron chi connectivity index (χ0n) is 19.2. The average Bonchev–Trinajstić information content (AvgIpc) is 2.80. The minimum Gasteiger partial charge on any atom is -0.493 e. The Kier molecular flexibility index (Phi) is 9.22. The van der Waals surface area contributed by atoms with Gasteiger partial charge < -0.3 is 33.5 Å². The van der Waals surface area contributed by atoms with E-state index in [0.29, 0.717) is 34.3 Å². The normalized spacial score (nSPS) is 12.7. The average molecular weight is 446 g/mol. The maximum Gasteiger partial charge on any atom is 0.303 e. The van der Waals surface area contributed by atoms with Crippen LogP contribution in [0.4, 0.5) is 0 Å². The third-order valence-electron chi connectivity index (χ3n) is 4.66. The molecule has 8 heteroatoms. The van der Waals surface area contributed by atoms with E-state index in [2.05, 4.69) is 0 Å². The van der Waals surface area contributed by atoms with Crippen LogP contribution >= 0.6 is 0 Å². The van der Waals surface area contributed by atoms with Crippen LogP contribution in [0.15, 0.2) is 36.4 Å². The molecule has 0 saturated heterocycles. The molecular weight excluding hydrogens is 416 g/mol. The Morgan fingerprint density at radius 2 is 1.53 bits per heavy atom. The van der Waals surface area contributed by atoms with E-state index in [1.807, 2.05) is 0 Å². The van der Waals surface area contributed by atoms with Gasteiger partial charge in [-0.1, -0.05) is 18.2 Å². The number of hydrogen-bond acceptors (Lipinski definition) is 8. The summed E-state index contributed by atoms with van der Waals surface area (Å²) in [5.41, 5.74) is 1.44. The molecule has 2 aromatic carbocycles. The van der Waals surface area contributed by atoms with Gasteiger partial charge in [0.1, 0.15) is 6.10 Å². The molecule has 2 rings (SSSR count). The maximum absolute atomic E-state index is 11.8. The van der Waals surface area contributed by atoms with Gasteiger partial charge in [0.25, 0.3) is 0 Å². The van der Waals surface area contributed by atoms with E-state index in [1.54, 1.807) is 56.5 Å². The molecule has 0 heterocycles. The number of rotatable bonds is 11. The minimum atomic E-state index is -0.740. The number of aliphatic hydroxyl groups is 1. The highest BCUT2D eigenvalue weighted by atomic mass is 16.6. The van der Waals surface area contributed by atoms with E-state index in [0.717, 1.165) is 5.56 Å². The molecule has 0 bridgehead atoms. The Balaban J connectivity index is 2.45. The van der Waals surface area contributed by atoms with Crippen molar-refractivity contribution in [3.63, 3.8) is 0 Å². The first-order chi connectivity index (χ1) is 15.4. The SMILES string of the molecule is COc1ccc([C@@H](OC(C)=O)[C@H](C)Oc2c(OC)cc(/C=C\CO)cc2OC)cc1OC. The smallest absolute Gasteiger partial charge is 0.303 e. The summed E-state index contributed by atoms with van der Waals surface area (Å²) in [6.45, 7) is 3.03. The molecule has 0 unspecified atom stereocenters. The molecule has 174 valence electrons. The van der Waals surface area contributed by atoms with E-state index >= 15 is 0 Å². The summed E-state index contributed by atoms with van der Waals surface area (Å²) in [6, 6.07) is 8.78. The van der Waals surface area contributed by atoms with Crippen molar-refractivity contribution in [2.75, 3.05) is 35.0 Å². The number of methoxy groups -OCH3 is 4. The molecule has 2 aromatic rings. The predicted octanol–water partition coefficient (Wildman–Crippen LogP) is 3.80. The molecule has 0 aliphatic carbocycles. The zero-order valence-corrected chi connectivity index (χ0v) is 19.2. The quantitative estimate of drug-likeness (QED) is 0.521. The fourth-order valence-corrected chi connectivity index (χ4v) is 3.19. The molecule has 0 fully saturated rings. The number of carbonyl (C=O) groups is 1. The van der Waals surface area contributed by atoms with E-state index in [4.69, 9.17) is 33.5 Å². The number of ether oxygens (including phenoxy) is 6. The summed E-state index contributed by atoms with van der Waals surface area (Å²) in [5, 5.41) is 9.03.